The number of ketones is 1. The summed E-state index contributed by atoms with van der Waals surface area (Å²) in [5.74, 6) is -1.23. The molecule has 2 aromatic heterocycles. The van der Waals surface area contributed by atoms with E-state index in [2.05, 4.69) is 9.97 Å². The van der Waals surface area contributed by atoms with E-state index in [-0.39, 0.29) is 16.6 Å². The lowest BCUT2D eigenvalue weighted by atomic mass is 10.0. The number of aromatic nitrogens is 2. The third-order valence-electron chi connectivity index (χ3n) is 4.85. The van der Waals surface area contributed by atoms with Crippen LogP contribution in [0.2, 0.25) is 0 Å². The third kappa shape index (κ3) is 2.93. The predicted octanol–water partition coefficient (Wildman–Crippen LogP) is 5.63. The Kier molecular flexibility index (Phi) is 4.18. The maximum atomic E-state index is 13.3. The Labute approximate surface area is 158 Å². The highest BCUT2D eigenvalue weighted by molar-refractivity contribution is 6.15. The molecular weight excluding hydrogens is 369 g/mol. The normalized spacial score (nSPS) is 12.0. The number of aromatic amines is 2. The highest BCUT2D eigenvalue weighted by Gasteiger charge is 2.42. The number of carbonyl (C=O) groups excluding carboxylic acids is 1. The summed E-state index contributed by atoms with van der Waals surface area (Å²) in [6.07, 6.45) is -4.23. The fourth-order valence-corrected chi connectivity index (χ4v) is 3.42. The van der Waals surface area contributed by atoms with Crippen molar-refractivity contribution < 1.29 is 22.7 Å². The van der Waals surface area contributed by atoms with Crippen molar-refractivity contribution in [2.75, 3.05) is 7.11 Å². The Bertz CT molecular complexity index is 1200. The molecule has 2 N–H and O–H groups in total. The van der Waals surface area contributed by atoms with Crippen molar-refractivity contribution in [3.8, 4) is 17.1 Å². The minimum Gasteiger partial charge on any atom is -0.497 e. The van der Waals surface area contributed by atoms with Gasteiger partial charge in [0, 0.05) is 21.8 Å². The first-order chi connectivity index (χ1) is 13.3. The molecule has 0 aliphatic carbocycles. The molecule has 4 rings (SSSR count). The Hall–Kier alpha value is -3.22. The van der Waals surface area contributed by atoms with Gasteiger partial charge in [0.1, 0.15) is 5.75 Å². The van der Waals surface area contributed by atoms with Gasteiger partial charge in [-0.05, 0) is 42.3 Å². The van der Waals surface area contributed by atoms with Gasteiger partial charge in [-0.15, -0.1) is 0 Å². The lowest BCUT2D eigenvalue weighted by molar-refractivity contribution is -0.0883. The zero-order valence-electron chi connectivity index (χ0n) is 15.2. The van der Waals surface area contributed by atoms with Gasteiger partial charge in [0.25, 0.3) is 5.78 Å². The van der Waals surface area contributed by atoms with Crippen LogP contribution in [0, 0.1) is 0 Å². The number of Topliss-reactive ketones (excluding diaryl/α,β-unsaturated/α-hetero) is 1. The fourth-order valence-electron chi connectivity index (χ4n) is 3.42. The average Bonchev–Trinajstić information content (AvgIpc) is 3.26. The third-order valence-corrected chi connectivity index (χ3v) is 4.85. The zero-order chi connectivity index (χ0) is 20.1. The van der Waals surface area contributed by atoms with E-state index in [1.807, 2.05) is 6.92 Å². The molecule has 28 heavy (non-hydrogen) atoms. The number of benzene rings is 2. The summed E-state index contributed by atoms with van der Waals surface area (Å²) in [7, 11) is 1.54. The number of fused-ring (bicyclic) bond motifs is 2. The molecule has 0 spiro atoms. The van der Waals surface area contributed by atoms with Crippen molar-refractivity contribution in [2.24, 2.45) is 0 Å². The van der Waals surface area contributed by atoms with Crippen molar-refractivity contribution in [3.63, 3.8) is 0 Å². The van der Waals surface area contributed by atoms with Gasteiger partial charge in [0.15, 0.2) is 0 Å². The van der Waals surface area contributed by atoms with Crippen LogP contribution in [-0.4, -0.2) is 29.0 Å². The molecule has 0 aliphatic rings. The predicted molar refractivity (Wildman–Crippen MR) is 102 cm³/mol. The van der Waals surface area contributed by atoms with E-state index in [0.29, 0.717) is 17.0 Å². The molecular formula is C21H17F3N2O2. The second kappa shape index (κ2) is 6.44. The van der Waals surface area contributed by atoms with Gasteiger partial charge in [-0.3, -0.25) is 4.79 Å². The maximum Gasteiger partial charge on any atom is 0.454 e. The summed E-state index contributed by atoms with van der Waals surface area (Å²) in [6.45, 7) is 1.96. The maximum absolute atomic E-state index is 13.3. The van der Waals surface area contributed by atoms with E-state index in [4.69, 9.17) is 4.74 Å². The summed E-state index contributed by atoms with van der Waals surface area (Å²) < 4.78 is 45.1. The van der Waals surface area contributed by atoms with Gasteiger partial charge in [-0.2, -0.15) is 13.2 Å². The lowest BCUT2D eigenvalue weighted by Gasteiger charge is -2.06. The van der Waals surface area contributed by atoms with Crippen LogP contribution in [0.25, 0.3) is 33.2 Å². The molecule has 0 radical (unpaired) electrons. The number of hydrogen-bond acceptors (Lipinski definition) is 2. The van der Waals surface area contributed by atoms with Gasteiger partial charge in [0.2, 0.25) is 0 Å². The molecule has 0 saturated heterocycles. The van der Waals surface area contributed by atoms with Crippen molar-refractivity contribution >= 4 is 27.6 Å². The molecule has 4 nitrogen and oxygen atoms in total. The first kappa shape index (κ1) is 18.2. The Balaban J connectivity index is 1.98. The number of alkyl halides is 3. The van der Waals surface area contributed by atoms with Gasteiger partial charge in [-0.25, -0.2) is 0 Å². The molecule has 0 amide bonds. The molecule has 144 valence electrons. The summed E-state index contributed by atoms with van der Waals surface area (Å²) in [6, 6.07) is 12.1. The molecule has 7 heteroatoms. The van der Waals surface area contributed by atoms with E-state index in [9.17, 15) is 18.0 Å². The smallest absolute Gasteiger partial charge is 0.454 e. The number of hydrogen-bond donors (Lipinski definition) is 2. The number of rotatable bonds is 4. The van der Waals surface area contributed by atoms with Crippen LogP contribution in [0.15, 0.2) is 42.5 Å². The molecule has 0 aliphatic heterocycles. The molecule has 0 saturated carbocycles. The Morgan fingerprint density at radius 1 is 1.04 bits per heavy atom. The average molecular weight is 386 g/mol. The number of nitrogens with one attached hydrogen (secondary N) is 2. The number of aryl methyl sites for hydroxylation is 1. The summed E-state index contributed by atoms with van der Waals surface area (Å²) in [4.78, 5) is 18.3. The van der Waals surface area contributed by atoms with Crippen LogP contribution in [0.5, 0.6) is 5.75 Å². The molecule has 0 atom stereocenters. The Morgan fingerprint density at radius 2 is 1.82 bits per heavy atom. The number of carbonyl (C=O) groups is 1. The number of methoxy groups -OCH3 is 1. The highest BCUT2D eigenvalue weighted by Crippen LogP contribution is 2.36. The summed E-state index contributed by atoms with van der Waals surface area (Å²) >= 11 is 0. The molecule has 2 heterocycles. The van der Waals surface area contributed by atoms with Crippen molar-refractivity contribution in [3.05, 3.63) is 53.6 Å². The SMILES string of the molecule is CCc1ccc2c(C(=O)C(F)(F)F)c(-c3cc4cc(OC)ccc4[nH]3)[nH]c2c1. The van der Waals surface area contributed by atoms with E-state index in [0.717, 1.165) is 22.9 Å². The highest BCUT2D eigenvalue weighted by atomic mass is 19.4. The van der Waals surface area contributed by atoms with Gasteiger partial charge < -0.3 is 14.7 Å². The first-order valence-corrected chi connectivity index (χ1v) is 8.75. The Morgan fingerprint density at radius 3 is 2.50 bits per heavy atom. The van der Waals surface area contributed by atoms with E-state index >= 15 is 0 Å². The number of halogens is 3. The van der Waals surface area contributed by atoms with Crippen molar-refractivity contribution in [1.82, 2.24) is 9.97 Å². The fraction of sp³-hybridized carbons (Fsp3) is 0.190. The van der Waals surface area contributed by atoms with E-state index < -0.39 is 12.0 Å². The second-order valence-electron chi connectivity index (χ2n) is 6.57. The van der Waals surface area contributed by atoms with E-state index in [1.54, 1.807) is 42.5 Å². The molecule has 0 unspecified atom stereocenters. The molecule has 0 bridgehead atoms. The van der Waals surface area contributed by atoms with Gasteiger partial charge in [0.05, 0.1) is 24.1 Å². The molecule has 0 fully saturated rings. The van der Waals surface area contributed by atoms with Crippen LogP contribution in [0.4, 0.5) is 13.2 Å². The lowest BCUT2D eigenvalue weighted by Crippen LogP contribution is -2.23. The second-order valence-corrected chi connectivity index (χ2v) is 6.57. The minimum atomic E-state index is -4.97. The van der Waals surface area contributed by atoms with Crippen LogP contribution in [-0.2, 0) is 6.42 Å². The monoisotopic (exact) mass is 386 g/mol. The number of H-pyrrole nitrogens is 2. The van der Waals surface area contributed by atoms with Gasteiger partial charge in [-0.1, -0.05) is 19.1 Å². The topological polar surface area (TPSA) is 57.9 Å². The summed E-state index contributed by atoms with van der Waals surface area (Å²) in [5, 5.41) is 1.03. The zero-order valence-corrected chi connectivity index (χ0v) is 15.2. The molecule has 2 aromatic carbocycles. The number of ether oxygens (including phenoxy) is 1. The largest absolute Gasteiger partial charge is 0.497 e. The standard InChI is InChI=1S/C21H17F3N2O2/c1-3-11-4-6-14-16(8-11)26-19(18(14)20(27)21(22,23)24)17-10-12-9-13(28-2)5-7-15(12)25-17/h4-10,25-26H,3H2,1-2H3. The van der Waals surface area contributed by atoms with Crippen LogP contribution < -0.4 is 4.74 Å². The van der Waals surface area contributed by atoms with Crippen LogP contribution in [0.3, 0.4) is 0 Å². The minimum absolute atomic E-state index is 0.126. The van der Waals surface area contributed by atoms with E-state index in [1.165, 1.54) is 7.11 Å². The van der Waals surface area contributed by atoms with Crippen LogP contribution in [0.1, 0.15) is 22.8 Å². The van der Waals surface area contributed by atoms with Gasteiger partial charge >= 0.3 is 6.18 Å². The summed E-state index contributed by atoms with van der Waals surface area (Å²) in [5.41, 5.74) is 2.36. The quantitative estimate of drug-likeness (QED) is 0.447. The van der Waals surface area contributed by atoms with Crippen molar-refractivity contribution in [2.45, 2.75) is 19.5 Å². The first-order valence-electron chi connectivity index (χ1n) is 8.75. The van der Waals surface area contributed by atoms with Crippen molar-refractivity contribution in [1.29, 1.82) is 0 Å². The molecule has 4 aromatic rings. The van der Waals surface area contributed by atoms with Crippen LogP contribution >= 0.6 is 0 Å².